The molecule has 0 aromatic heterocycles. The zero-order valence-electron chi connectivity index (χ0n) is 13.9. The van der Waals surface area contributed by atoms with Crippen LogP contribution in [0, 0.1) is 18.3 Å². The van der Waals surface area contributed by atoms with Crippen LogP contribution in [0.15, 0.2) is 18.2 Å². The first-order valence-electron chi connectivity index (χ1n) is 8.43. The highest BCUT2D eigenvalue weighted by atomic mass is 16.3. The summed E-state index contributed by atoms with van der Waals surface area (Å²) in [5, 5.41) is 11.8. The smallest absolute Gasteiger partial charge is 0.0981 e. The molecular weight excluding hydrogens is 258 g/mol. The molecule has 0 spiro atoms. The zero-order chi connectivity index (χ0) is 15.3. The van der Waals surface area contributed by atoms with E-state index < -0.39 is 5.60 Å². The van der Waals surface area contributed by atoms with Gasteiger partial charge in [0, 0.05) is 5.41 Å². The maximum absolute atomic E-state index is 11.8. The van der Waals surface area contributed by atoms with E-state index in [4.69, 9.17) is 0 Å². The molecule has 0 bridgehead atoms. The van der Waals surface area contributed by atoms with Crippen molar-refractivity contribution in [1.29, 1.82) is 0 Å². The van der Waals surface area contributed by atoms with Crippen molar-refractivity contribution in [3.8, 4) is 0 Å². The van der Waals surface area contributed by atoms with Gasteiger partial charge in [-0.1, -0.05) is 44.5 Å². The van der Waals surface area contributed by atoms with Gasteiger partial charge in [0.15, 0.2) is 0 Å². The van der Waals surface area contributed by atoms with Gasteiger partial charge in [-0.15, -0.1) is 0 Å². The van der Waals surface area contributed by atoms with E-state index in [2.05, 4.69) is 50.8 Å². The number of aliphatic hydroxyl groups is 1. The van der Waals surface area contributed by atoms with Crippen LogP contribution >= 0.6 is 0 Å². The molecule has 116 valence electrons. The summed E-state index contributed by atoms with van der Waals surface area (Å²) >= 11 is 0. The van der Waals surface area contributed by atoms with Crippen molar-refractivity contribution in [3.63, 3.8) is 0 Å². The van der Waals surface area contributed by atoms with E-state index >= 15 is 0 Å². The van der Waals surface area contributed by atoms with Crippen LogP contribution in [0.25, 0.3) is 0 Å². The first kappa shape index (κ1) is 15.1. The second-order valence-corrected chi connectivity index (χ2v) is 7.70. The summed E-state index contributed by atoms with van der Waals surface area (Å²) in [6, 6.07) is 6.64. The Morgan fingerprint density at radius 2 is 1.90 bits per heavy atom. The second kappa shape index (κ2) is 5.10. The van der Waals surface area contributed by atoms with E-state index in [1.54, 1.807) is 0 Å². The Kier molecular flexibility index (Phi) is 3.66. The first-order chi connectivity index (χ1) is 9.88. The lowest BCUT2D eigenvalue weighted by molar-refractivity contribution is -0.122. The molecule has 0 radical (unpaired) electrons. The number of fused-ring (bicyclic) bond motifs is 1. The highest BCUT2D eigenvalue weighted by Gasteiger charge is 2.55. The molecule has 1 fully saturated rings. The van der Waals surface area contributed by atoms with Gasteiger partial charge in [-0.05, 0) is 62.9 Å². The van der Waals surface area contributed by atoms with Crippen molar-refractivity contribution >= 4 is 0 Å². The molecule has 1 aliphatic carbocycles. The second-order valence-electron chi connectivity index (χ2n) is 7.70. The van der Waals surface area contributed by atoms with Crippen LogP contribution in [0.3, 0.4) is 0 Å². The standard InChI is InChI=1S/C19H29NO/c1-5-20-10-8-16(9-11-20)19(21)17-12-14(2)6-7-15(17)13-18(19,3)4/h6-7,12,16,21H,5,8-11,13H2,1-4H3. The number of hydrogen-bond donors (Lipinski definition) is 1. The zero-order valence-corrected chi connectivity index (χ0v) is 13.9. The quantitative estimate of drug-likeness (QED) is 0.900. The van der Waals surface area contributed by atoms with Gasteiger partial charge in [0.1, 0.15) is 0 Å². The Morgan fingerprint density at radius 1 is 1.24 bits per heavy atom. The van der Waals surface area contributed by atoms with Gasteiger partial charge in [-0.2, -0.15) is 0 Å². The van der Waals surface area contributed by atoms with Gasteiger partial charge in [-0.25, -0.2) is 0 Å². The predicted octanol–water partition coefficient (Wildman–Crippen LogP) is 3.50. The molecule has 21 heavy (non-hydrogen) atoms. The molecule has 2 aliphatic rings. The van der Waals surface area contributed by atoms with Crippen molar-refractivity contribution in [1.82, 2.24) is 4.90 Å². The summed E-state index contributed by atoms with van der Waals surface area (Å²) in [4.78, 5) is 2.50. The molecule has 1 N–H and O–H groups in total. The van der Waals surface area contributed by atoms with E-state index in [9.17, 15) is 5.11 Å². The lowest BCUT2D eigenvalue weighted by Crippen LogP contribution is -2.49. The fourth-order valence-corrected chi connectivity index (χ4v) is 4.61. The maximum atomic E-state index is 11.8. The fourth-order valence-electron chi connectivity index (χ4n) is 4.61. The molecule has 1 aliphatic heterocycles. The molecule has 1 atom stereocenters. The van der Waals surface area contributed by atoms with Crippen LogP contribution in [0.5, 0.6) is 0 Å². The topological polar surface area (TPSA) is 23.5 Å². The van der Waals surface area contributed by atoms with Gasteiger partial charge in [0.2, 0.25) is 0 Å². The minimum atomic E-state index is -0.659. The minimum absolute atomic E-state index is 0.0673. The van der Waals surface area contributed by atoms with E-state index in [0.29, 0.717) is 5.92 Å². The van der Waals surface area contributed by atoms with Crippen molar-refractivity contribution in [2.24, 2.45) is 11.3 Å². The summed E-state index contributed by atoms with van der Waals surface area (Å²) in [5.41, 5.74) is 3.10. The minimum Gasteiger partial charge on any atom is -0.384 e. The van der Waals surface area contributed by atoms with Crippen molar-refractivity contribution < 1.29 is 5.11 Å². The molecule has 1 unspecified atom stereocenters. The molecule has 1 heterocycles. The SMILES string of the molecule is CCN1CCC(C2(O)c3cc(C)ccc3CC2(C)C)CC1. The lowest BCUT2D eigenvalue weighted by atomic mass is 9.65. The molecule has 3 rings (SSSR count). The first-order valence-corrected chi connectivity index (χ1v) is 8.43. The van der Waals surface area contributed by atoms with Gasteiger partial charge >= 0.3 is 0 Å². The van der Waals surface area contributed by atoms with Crippen LogP contribution in [0.4, 0.5) is 0 Å². The van der Waals surface area contributed by atoms with E-state index in [0.717, 1.165) is 38.9 Å². The van der Waals surface area contributed by atoms with E-state index in [1.165, 1.54) is 16.7 Å². The summed E-state index contributed by atoms with van der Waals surface area (Å²) in [7, 11) is 0. The van der Waals surface area contributed by atoms with Crippen LogP contribution in [-0.4, -0.2) is 29.6 Å². The number of aryl methyl sites for hydroxylation is 1. The summed E-state index contributed by atoms with van der Waals surface area (Å²) in [6.07, 6.45) is 3.22. The number of likely N-dealkylation sites (tertiary alicyclic amines) is 1. The van der Waals surface area contributed by atoms with Gasteiger partial charge in [-0.3, -0.25) is 0 Å². The monoisotopic (exact) mass is 287 g/mol. The Hall–Kier alpha value is -0.860. The van der Waals surface area contributed by atoms with Crippen LogP contribution < -0.4 is 0 Å². The molecular formula is C19H29NO. The molecule has 1 saturated heterocycles. The third-order valence-corrected chi connectivity index (χ3v) is 5.97. The molecule has 1 aromatic carbocycles. The van der Waals surface area contributed by atoms with Crippen molar-refractivity contribution in [3.05, 3.63) is 34.9 Å². The lowest BCUT2D eigenvalue weighted by Gasteiger charge is -2.47. The highest BCUT2D eigenvalue weighted by molar-refractivity contribution is 5.43. The fraction of sp³-hybridized carbons (Fsp3) is 0.684. The van der Waals surface area contributed by atoms with E-state index in [-0.39, 0.29) is 5.41 Å². The maximum Gasteiger partial charge on any atom is 0.0981 e. The number of hydrogen-bond acceptors (Lipinski definition) is 2. The summed E-state index contributed by atoms with van der Waals surface area (Å²) < 4.78 is 0. The van der Waals surface area contributed by atoms with Crippen LogP contribution in [-0.2, 0) is 12.0 Å². The summed E-state index contributed by atoms with van der Waals surface area (Å²) in [6.45, 7) is 12.2. The molecule has 1 aromatic rings. The van der Waals surface area contributed by atoms with Gasteiger partial charge in [0.05, 0.1) is 5.60 Å². The van der Waals surface area contributed by atoms with Crippen molar-refractivity contribution in [2.45, 2.75) is 52.6 Å². The number of rotatable bonds is 2. The Labute approximate surface area is 129 Å². The third kappa shape index (κ3) is 2.24. The summed E-state index contributed by atoms with van der Waals surface area (Å²) in [5.74, 6) is 0.387. The highest BCUT2D eigenvalue weighted by Crippen LogP contribution is 2.56. The largest absolute Gasteiger partial charge is 0.384 e. The molecule has 0 amide bonds. The number of piperidine rings is 1. The van der Waals surface area contributed by atoms with Crippen LogP contribution in [0.1, 0.15) is 50.3 Å². The number of nitrogens with zero attached hydrogens (tertiary/aromatic N) is 1. The number of benzene rings is 1. The van der Waals surface area contributed by atoms with E-state index in [1.807, 2.05) is 0 Å². The third-order valence-electron chi connectivity index (χ3n) is 5.97. The Morgan fingerprint density at radius 3 is 2.52 bits per heavy atom. The van der Waals surface area contributed by atoms with Crippen molar-refractivity contribution in [2.75, 3.05) is 19.6 Å². The van der Waals surface area contributed by atoms with Gasteiger partial charge in [0.25, 0.3) is 0 Å². The molecule has 2 heteroatoms. The Balaban J connectivity index is 1.97. The molecule has 0 saturated carbocycles. The average molecular weight is 287 g/mol. The predicted molar refractivity (Wildman–Crippen MR) is 87.4 cm³/mol. The molecule has 2 nitrogen and oxygen atoms in total. The normalized spacial score (nSPS) is 29.6. The average Bonchev–Trinajstić information content (AvgIpc) is 2.67. The Bertz CT molecular complexity index is 528. The van der Waals surface area contributed by atoms with Gasteiger partial charge < -0.3 is 10.0 Å². The van der Waals surface area contributed by atoms with Crippen LogP contribution in [0.2, 0.25) is 0 Å².